The molecule has 1 aromatic heterocycles. The number of rotatable bonds is 2. The number of carboxylic acids is 1. The molecule has 0 saturated carbocycles. The smallest absolute Gasteiger partial charge is 0.391 e. The van der Waals surface area contributed by atoms with Crippen LogP contribution in [-0.4, -0.2) is 35.3 Å². The predicted molar refractivity (Wildman–Crippen MR) is 66.9 cm³/mol. The second kappa shape index (κ2) is 5.30. The summed E-state index contributed by atoms with van der Waals surface area (Å²) in [6.45, 7) is 2.14. The van der Waals surface area contributed by atoms with E-state index in [0.717, 1.165) is 0 Å². The second-order valence-corrected chi connectivity index (χ2v) is 4.96. The molecule has 2 heterocycles. The number of aromatic nitrogens is 1. The first-order chi connectivity index (χ1) is 9.27. The minimum atomic E-state index is -4.15. The Labute approximate surface area is 114 Å². The molecule has 0 aliphatic carbocycles. The lowest BCUT2D eigenvalue weighted by Crippen LogP contribution is -2.39. The fraction of sp³-hybridized carbons (Fsp3) is 0.538. The van der Waals surface area contributed by atoms with Crippen molar-refractivity contribution in [3.8, 4) is 0 Å². The van der Waals surface area contributed by atoms with E-state index in [1.54, 1.807) is 11.8 Å². The Morgan fingerprint density at radius 1 is 1.35 bits per heavy atom. The minimum absolute atomic E-state index is 0.0154. The van der Waals surface area contributed by atoms with Crippen LogP contribution in [-0.2, 0) is 0 Å². The predicted octanol–water partition coefficient (Wildman–Crippen LogP) is 2.87. The number of halogens is 3. The molecule has 20 heavy (non-hydrogen) atoms. The van der Waals surface area contributed by atoms with Crippen molar-refractivity contribution in [2.24, 2.45) is 5.92 Å². The number of hydrogen-bond acceptors (Lipinski definition) is 3. The molecular weight excluding hydrogens is 273 g/mol. The van der Waals surface area contributed by atoms with Crippen LogP contribution < -0.4 is 4.90 Å². The van der Waals surface area contributed by atoms with Gasteiger partial charge in [0, 0.05) is 18.8 Å². The van der Waals surface area contributed by atoms with E-state index in [2.05, 4.69) is 4.98 Å². The fourth-order valence-electron chi connectivity index (χ4n) is 2.37. The highest BCUT2D eigenvalue weighted by molar-refractivity contribution is 5.88. The number of piperidine rings is 1. The zero-order chi connectivity index (χ0) is 14.9. The van der Waals surface area contributed by atoms with Gasteiger partial charge in [0.1, 0.15) is 5.82 Å². The lowest BCUT2D eigenvalue weighted by molar-refractivity contribution is -0.179. The number of carboxylic acid groups (broad SMARTS) is 1. The van der Waals surface area contributed by atoms with Crippen molar-refractivity contribution in [3.63, 3.8) is 0 Å². The number of alkyl halides is 3. The zero-order valence-electron chi connectivity index (χ0n) is 10.9. The monoisotopic (exact) mass is 288 g/mol. The molecule has 1 saturated heterocycles. The lowest BCUT2D eigenvalue weighted by atomic mass is 9.96. The Kier molecular flexibility index (Phi) is 3.87. The summed E-state index contributed by atoms with van der Waals surface area (Å²) in [4.78, 5) is 16.9. The summed E-state index contributed by atoms with van der Waals surface area (Å²) in [7, 11) is 0. The maximum absolute atomic E-state index is 12.6. The van der Waals surface area contributed by atoms with Gasteiger partial charge in [-0.2, -0.15) is 13.2 Å². The van der Waals surface area contributed by atoms with Gasteiger partial charge in [-0.05, 0) is 31.9 Å². The molecule has 7 heteroatoms. The Morgan fingerprint density at radius 2 is 1.95 bits per heavy atom. The molecule has 0 unspecified atom stereocenters. The maximum Gasteiger partial charge on any atom is 0.391 e. The first kappa shape index (κ1) is 14.6. The molecule has 1 aliphatic heterocycles. The van der Waals surface area contributed by atoms with Crippen molar-refractivity contribution < 1.29 is 23.1 Å². The highest BCUT2D eigenvalue weighted by Gasteiger charge is 2.41. The van der Waals surface area contributed by atoms with E-state index in [9.17, 15) is 18.0 Å². The molecule has 2 rings (SSSR count). The van der Waals surface area contributed by atoms with Gasteiger partial charge >= 0.3 is 12.1 Å². The number of nitrogens with zero attached hydrogens (tertiary/aromatic N) is 2. The van der Waals surface area contributed by atoms with Gasteiger partial charge in [0.25, 0.3) is 0 Å². The summed E-state index contributed by atoms with van der Waals surface area (Å²) >= 11 is 0. The van der Waals surface area contributed by atoms with Crippen LogP contribution in [0.1, 0.15) is 28.9 Å². The fourth-order valence-corrected chi connectivity index (χ4v) is 2.37. The van der Waals surface area contributed by atoms with Gasteiger partial charge in [0.05, 0.1) is 11.5 Å². The first-order valence-electron chi connectivity index (χ1n) is 6.31. The van der Waals surface area contributed by atoms with Crippen LogP contribution in [0.25, 0.3) is 0 Å². The first-order valence-corrected chi connectivity index (χ1v) is 6.31. The van der Waals surface area contributed by atoms with Gasteiger partial charge in [0.2, 0.25) is 0 Å². The third-order valence-electron chi connectivity index (χ3n) is 3.47. The number of hydrogen-bond donors (Lipinski definition) is 1. The van der Waals surface area contributed by atoms with E-state index in [4.69, 9.17) is 5.11 Å². The van der Waals surface area contributed by atoms with Crippen molar-refractivity contribution in [1.82, 2.24) is 4.98 Å². The molecular formula is C13H15F3N2O2. The third kappa shape index (κ3) is 3.20. The van der Waals surface area contributed by atoms with Gasteiger partial charge in [-0.3, -0.25) is 0 Å². The highest BCUT2D eigenvalue weighted by atomic mass is 19.4. The number of pyridine rings is 1. The summed E-state index contributed by atoms with van der Waals surface area (Å²) < 4.78 is 37.8. The summed E-state index contributed by atoms with van der Waals surface area (Å²) in [6.07, 6.45) is -4.12. The number of carbonyl (C=O) groups is 1. The van der Waals surface area contributed by atoms with Crippen molar-refractivity contribution in [2.75, 3.05) is 18.0 Å². The van der Waals surface area contributed by atoms with Crippen LogP contribution in [0.15, 0.2) is 12.1 Å². The van der Waals surface area contributed by atoms with Crippen LogP contribution in [0.3, 0.4) is 0 Å². The van der Waals surface area contributed by atoms with Crippen LogP contribution >= 0.6 is 0 Å². The van der Waals surface area contributed by atoms with Gasteiger partial charge < -0.3 is 10.0 Å². The Hall–Kier alpha value is -1.79. The minimum Gasteiger partial charge on any atom is -0.478 e. The van der Waals surface area contributed by atoms with E-state index in [1.807, 2.05) is 0 Å². The number of aryl methyl sites for hydroxylation is 1. The molecule has 0 amide bonds. The summed E-state index contributed by atoms with van der Waals surface area (Å²) in [5, 5.41) is 8.99. The summed E-state index contributed by atoms with van der Waals surface area (Å²) in [6, 6.07) is 2.84. The van der Waals surface area contributed by atoms with Crippen LogP contribution in [0.4, 0.5) is 19.0 Å². The van der Waals surface area contributed by atoms with E-state index in [-0.39, 0.29) is 31.5 Å². The molecule has 4 nitrogen and oxygen atoms in total. The molecule has 110 valence electrons. The third-order valence-corrected chi connectivity index (χ3v) is 3.47. The van der Waals surface area contributed by atoms with E-state index in [0.29, 0.717) is 11.5 Å². The molecule has 0 spiro atoms. The molecule has 1 aliphatic rings. The quantitative estimate of drug-likeness (QED) is 0.909. The second-order valence-electron chi connectivity index (χ2n) is 4.96. The van der Waals surface area contributed by atoms with Crippen molar-refractivity contribution in [3.05, 3.63) is 23.4 Å². The highest BCUT2D eigenvalue weighted by Crippen LogP contribution is 2.35. The molecule has 1 N–H and O–H groups in total. The number of anilines is 1. The molecule has 0 radical (unpaired) electrons. The molecule has 0 atom stereocenters. The summed E-state index contributed by atoms with van der Waals surface area (Å²) in [5.74, 6) is -1.91. The van der Waals surface area contributed by atoms with E-state index in [1.165, 1.54) is 12.1 Å². The van der Waals surface area contributed by atoms with Gasteiger partial charge in [-0.25, -0.2) is 9.78 Å². The SMILES string of the molecule is Cc1cc(C(=O)O)cc(N2CCC(C(F)(F)F)CC2)n1. The van der Waals surface area contributed by atoms with Gasteiger partial charge in [-0.1, -0.05) is 0 Å². The number of aromatic carboxylic acids is 1. The standard InChI is InChI=1S/C13H15F3N2O2/c1-8-6-9(12(19)20)7-11(17-8)18-4-2-10(3-5-18)13(14,15)16/h6-7,10H,2-5H2,1H3,(H,19,20). The van der Waals surface area contributed by atoms with Crippen LogP contribution in [0.5, 0.6) is 0 Å². The zero-order valence-corrected chi connectivity index (χ0v) is 10.9. The Bertz CT molecular complexity index is 509. The molecule has 0 bridgehead atoms. The van der Waals surface area contributed by atoms with Gasteiger partial charge in [0.15, 0.2) is 0 Å². The lowest BCUT2D eigenvalue weighted by Gasteiger charge is -2.33. The largest absolute Gasteiger partial charge is 0.478 e. The average molecular weight is 288 g/mol. The molecule has 1 aromatic rings. The summed E-state index contributed by atoms with van der Waals surface area (Å²) in [5.41, 5.74) is 0.642. The molecule has 1 fully saturated rings. The Balaban J connectivity index is 2.13. The van der Waals surface area contributed by atoms with Crippen molar-refractivity contribution in [2.45, 2.75) is 25.9 Å². The van der Waals surface area contributed by atoms with E-state index < -0.39 is 18.1 Å². The van der Waals surface area contributed by atoms with Gasteiger partial charge in [-0.15, -0.1) is 0 Å². The average Bonchev–Trinajstić information content (AvgIpc) is 2.37. The topological polar surface area (TPSA) is 53.4 Å². The van der Waals surface area contributed by atoms with Crippen molar-refractivity contribution >= 4 is 11.8 Å². The molecule has 0 aromatic carbocycles. The van der Waals surface area contributed by atoms with Crippen molar-refractivity contribution in [1.29, 1.82) is 0 Å². The van der Waals surface area contributed by atoms with E-state index >= 15 is 0 Å². The normalized spacial score (nSPS) is 17.3. The van der Waals surface area contributed by atoms with Crippen LogP contribution in [0, 0.1) is 12.8 Å². The maximum atomic E-state index is 12.6. The van der Waals surface area contributed by atoms with Crippen LogP contribution in [0.2, 0.25) is 0 Å². The Morgan fingerprint density at radius 3 is 2.45 bits per heavy atom.